The van der Waals surface area contributed by atoms with Crippen LogP contribution in [-0.2, 0) is 0 Å². The van der Waals surface area contributed by atoms with E-state index in [0.717, 1.165) is 24.4 Å². The number of aromatic nitrogens is 3. The molecule has 0 N–H and O–H groups in total. The molecule has 0 radical (unpaired) electrons. The molecule has 8 nitrogen and oxygen atoms in total. The van der Waals surface area contributed by atoms with Crippen molar-refractivity contribution in [2.24, 2.45) is 0 Å². The fraction of sp³-hybridized carbons (Fsp3) is 0.500. The van der Waals surface area contributed by atoms with Crippen LogP contribution < -0.4 is 9.64 Å². The van der Waals surface area contributed by atoms with E-state index in [9.17, 15) is 4.79 Å². The van der Waals surface area contributed by atoms with Crippen LogP contribution in [0.1, 0.15) is 35.0 Å². The van der Waals surface area contributed by atoms with Crippen molar-refractivity contribution in [3.8, 4) is 5.88 Å². The van der Waals surface area contributed by atoms with Crippen LogP contribution in [0, 0.1) is 0 Å². The van der Waals surface area contributed by atoms with E-state index >= 15 is 0 Å². The van der Waals surface area contributed by atoms with E-state index in [1.54, 1.807) is 13.2 Å². The van der Waals surface area contributed by atoms with Crippen molar-refractivity contribution in [3.63, 3.8) is 0 Å². The minimum Gasteiger partial charge on any atom is -0.481 e. The van der Waals surface area contributed by atoms with E-state index in [4.69, 9.17) is 9.15 Å². The van der Waals surface area contributed by atoms with Gasteiger partial charge < -0.3 is 19.0 Å². The summed E-state index contributed by atoms with van der Waals surface area (Å²) in [4.78, 5) is 29.1. The van der Waals surface area contributed by atoms with Crippen molar-refractivity contribution in [1.82, 2.24) is 19.9 Å². The molecule has 1 amide bonds. The van der Waals surface area contributed by atoms with Crippen LogP contribution in [0.15, 0.2) is 23.2 Å². The Hall–Kier alpha value is -2.64. The molecule has 126 valence electrons. The second kappa shape index (κ2) is 6.10. The Balaban J connectivity index is 1.42. The number of rotatable bonds is 4. The van der Waals surface area contributed by atoms with Gasteiger partial charge >= 0.3 is 0 Å². The van der Waals surface area contributed by atoms with Gasteiger partial charge in [-0.25, -0.2) is 15.0 Å². The second-order valence-electron chi connectivity index (χ2n) is 6.04. The van der Waals surface area contributed by atoms with Crippen LogP contribution in [0.4, 0.5) is 5.82 Å². The number of hydrogen-bond acceptors (Lipinski definition) is 7. The first-order chi connectivity index (χ1) is 11.8. The first kappa shape index (κ1) is 14.9. The van der Waals surface area contributed by atoms with Gasteiger partial charge in [0.15, 0.2) is 12.1 Å². The van der Waals surface area contributed by atoms with E-state index in [1.807, 2.05) is 4.90 Å². The highest BCUT2D eigenvalue weighted by Crippen LogP contribution is 2.41. The number of carbonyl (C=O) groups excluding carboxylic acids is 1. The van der Waals surface area contributed by atoms with Crippen LogP contribution in [0.3, 0.4) is 0 Å². The van der Waals surface area contributed by atoms with E-state index < -0.39 is 0 Å². The normalized spacial score (nSPS) is 17.9. The minimum atomic E-state index is -0.0365. The van der Waals surface area contributed by atoms with Gasteiger partial charge in [0.2, 0.25) is 5.88 Å². The Morgan fingerprint density at radius 1 is 1.21 bits per heavy atom. The quantitative estimate of drug-likeness (QED) is 0.836. The average molecular weight is 329 g/mol. The predicted octanol–water partition coefficient (Wildman–Crippen LogP) is 1.31. The molecule has 2 aromatic heterocycles. The Morgan fingerprint density at radius 2 is 2.00 bits per heavy atom. The number of nitrogens with zero attached hydrogens (tertiary/aromatic N) is 5. The molecule has 2 aromatic rings. The molecule has 0 unspecified atom stereocenters. The lowest BCUT2D eigenvalue weighted by Gasteiger charge is -2.35. The Bertz CT molecular complexity index is 735. The smallest absolute Gasteiger partial charge is 0.276 e. The van der Waals surface area contributed by atoms with Crippen molar-refractivity contribution >= 4 is 11.7 Å². The summed E-state index contributed by atoms with van der Waals surface area (Å²) in [6, 6.07) is 1.81. The molecule has 1 aliphatic heterocycles. The fourth-order valence-electron chi connectivity index (χ4n) is 2.95. The van der Waals surface area contributed by atoms with Crippen LogP contribution in [-0.4, -0.2) is 59.0 Å². The third-order valence-electron chi connectivity index (χ3n) is 4.47. The topological polar surface area (TPSA) is 84.6 Å². The predicted molar refractivity (Wildman–Crippen MR) is 85.2 cm³/mol. The maximum absolute atomic E-state index is 12.7. The molecule has 0 bridgehead atoms. The molecule has 1 aliphatic carbocycles. The molecule has 2 aliphatic rings. The molecule has 0 atom stereocenters. The number of anilines is 1. The molecular formula is C16H19N5O3. The molecule has 2 fully saturated rings. The summed E-state index contributed by atoms with van der Waals surface area (Å²) >= 11 is 0. The maximum atomic E-state index is 12.7. The van der Waals surface area contributed by atoms with Crippen LogP contribution in [0.25, 0.3) is 0 Å². The molecule has 3 heterocycles. The molecule has 8 heteroatoms. The standard InChI is InChI=1S/C16H19N5O3/c1-23-13-8-12(17-9-18-13)20-4-6-21(7-5-20)16(22)14-15(11-2-3-11)24-10-19-14/h8-11H,2-7H2,1H3. The minimum absolute atomic E-state index is 0.0365. The largest absolute Gasteiger partial charge is 0.481 e. The van der Waals surface area contributed by atoms with Gasteiger partial charge in [0.25, 0.3) is 5.91 Å². The molecule has 0 spiro atoms. The molecule has 0 aromatic carbocycles. The van der Waals surface area contributed by atoms with Crippen molar-refractivity contribution in [1.29, 1.82) is 0 Å². The molecule has 4 rings (SSSR count). The van der Waals surface area contributed by atoms with E-state index in [1.165, 1.54) is 12.7 Å². The number of oxazole rings is 1. The van der Waals surface area contributed by atoms with Crippen LogP contribution in [0.2, 0.25) is 0 Å². The van der Waals surface area contributed by atoms with Gasteiger partial charge in [-0.2, -0.15) is 0 Å². The lowest BCUT2D eigenvalue weighted by atomic mass is 10.2. The summed E-state index contributed by atoms with van der Waals surface area (Å²) in [5, 5.41) is 0. The van der Waals surface area contributed by atoms with Gasteiger partial charge in [-0.05, 0) is 12.8 Å². The van der Waals surface area contributed by atoms with Gasteiger partial charge in [-0.3, -0.25) is 4.79 Å². The lowest BCUT2D eigenvalue weighted by Crippen LogP contribution is -2.49. The summed E-state index contributed by atoms with van der Waals surface area (Å²) in [5.41, 5.74) is 0.481. The average Bonchev–Trinajstić information content (AvgIpc) is 3.38. The fourth-order valence-corrected chi connectivity index (χ4v) is 2.95. The maximum Gasteiger partial charge on any atom is 0.276 e. The molecule has 1 saturated heterocycles. The highest BCUT2D eigenvalue weighted by atomic mass is 16.5. The second-order valence-corrected chi connectivity index (χ2v) is 6.04. The number of hydrogen-bond donors (Lipinski definition) is 0. The number of piperazine rings is 1. The summed E-state index contributed by atoms with van der Waals surface area (Å²) in [7, 11) is 1.58. The number of ether oxygens (including phenoxy) is 1. The number of carbonyl (C=O) groups is 1. The first-order valence-electron chi connectivity index (χ1n) is 8.10. The summed E-state index contributed by atoms with van der Waals surface area (Å²) in [6.07, 6.45) is 5.03. The molecule has 24 heavy (non-hydrogen) atoms. The highest BCUT2D eigenvalue weighted by Gasteiger charge is 2.34. The zero-order valence-electron chi connectivity index (χ0n) is 13.5. The Labute approximate surface area is 139 Å². The molecular weight excluding hydrogens is 310 g/mol. The summed E-state index contributed by atoms with van der Waals surface area (Å²) in [5.74, 6) is 2.44. The van der Waals surface area contributed by atoms with Gasteiger partial charge in [-0.1, -0.05) is 0 Å². The first-order valence-corrected chi connectivity index (χ1v) is 8.10. The SMILES string of the molecule is COc1cc(N2CCN(C(=O)c3ncoc3C3CC3)CC2)ncn1. The third kappa shape index (κ3) is 2.79. The van der Waals surface area contributed by atoms with Crippen molar-refractivity contribution in [2.45, 2.75) is 18.8 Å². The lowest BCUT2D eigenvalue weighted by molar-refractivity contribution is 0.0739. The zero-order valence-corrected chi connectivity index (χ0v) is 13.5. The van der Waals surface area contributed by atoms with Crippen LogP contribution >= 0.6 is 0 Å². The van der Waals surface area contributed by atoms with E-state index in [-0.39, 0.29) is 5.91 Å². The van der Waals surface area contributed by atoms with E-state index in [0.29, 0.717) is 43.7 Å². The number of methoxy groups -OCH3 is 1. The van der Waals surface area contributed by atoms with Crippen molar-refractivity contribution in [2.75, 3.05) is 38.2 Å². The van der Waals surface area contributed by atoms with Crippen LogP contribution in [0.5, 0.6) is 5.88 Å². The van der Waals surface area contributed by atoms with Gasteiger partial charge in [0.05, 0.1) is 7.11 Å². The van der Waals surface area contributed by atoms with Gasteiger partial charge in [-0.15, -0.1) is 0 Å². The zero-order chi connectivity index (χ0) is 16.5. The monoisotopic (exact) mass is 329 g/mol. The number of amides is 1. The molecule has 1 saturated carbocycles. The van der Waals surface area contributed by atoms with Gasteiger partial charge in [0, 0.05) is 38.2 Å². The highest BCUT2D eigenvalue weighted by molar-refractivity contribution is 5.93. The Morgan fingerprint density at radius 3 is 2.71 bits per heavy atom. The van der Waals surface area contributed by atoms with Crippen molar-refractivity contribution in [3.05, 3.63) is 30.2 Å². The summed E-state index contributed by atoms with van der Waals surface area (Å²) < 4.78 is 10.6. The van der Waals surface area contributed by atoms with Crippen molar-refractivity contribution < 1.29 is 13.9 Å². The van der Waals surface area contributed by atoms with E-state index in [2.05, 4.69) is 19.9 Å². The summed E-state index contributed by atoms with van der Waals surface area (Å²) in [6.45, 7) is 2.68. The third-order valence-corrected chi connectivity index (χ3v) is 4.47. The Kier molecular flexibility index (Phi) is 3.79. The van der Waals surface area contributed by atoms with Gasteiger partial charge in [0.1, 0.15) is 17.9 Å².